The van der Waals surface area contributed by atoms with Gasteiger partial charge in [0.25, 0.3) is 0 Å². The molecule has 1 aromatic carbocycles. The van der Waals surface area contributed by atoms with Crippen LogP contribution < -0.4 is 0 Å². The number of likely N-dealkylation sites (N-methyl/N-ethyl adjacent to an activating group) is 1. The highest BCUT2D eigenvalue weighted by molar-refractivity contribution is 5.14. The first kappa shape index (κ1) is 14.7. The van der Waals surface area contributed by atoms with Crippen LogP contribution in [0.5, 0.6) is 0 Å². The van der Waals surface area contributed by atoms with Gasteiger partial charge < -0.3 is 5.11 Å². The van der Waals surface area contributed by atoms with Crippen LogP contribution in [0.3, 0.4) is 0 Å². The molecule has 0 bridgehead atoms. The maximum Gasteiger partial charge on any atom is 0.147 e. The normalized spacial score (nSPS) is 12.8. The molecule has 1 aromatic heterocycles. The molecule has 0 aliphatic rings. The third-order valence-electron chi connectivity index (χ3n) is 3.16. The molecule has 0 saturated carbocycles. The van der Waals surface area contributed by atoms with Crippen LogP contribution in [0.4, 0.5) is 0 Å². The van der Waals surface area contributed by atoms with Crippen LogP contribution in [0.15, 0.2) is 30.3 Å². The molecule has 20 heavy (non-hydrogen) atoms. The number of hydrogen-bond acceptors (Lipinski definition) is 4. The molecule has 0 radical (unpaired) electrons. The van der Waals surface area contributed by atoms with Crippen molar-refractivity contribution in [1.82, 2.24) is 19.7 Å². The molecule has 2 rings (SSSR count). The van der Waals surface area contributed by atoms with Crippen LogP contribution in [0.1, 0.15) is 17.2 Å². The van der Waals surface area contributed by atoms with Crippen molar-refractivity contribution in [2.24, 2.45) is 0 Å². The third kappa shape index (κ3) is 4.15. The quantitative estimate of drug-likeness (QED) is 0.865. The zero-order chi connectivity index (χ0) is 14.5. The molecule has 2 aromatic rings. The van der Waals surface area contributed by atoms with Gasteiger partial charge in [-0.3, -0.25) is 4.90 Å². The van der Waals surface area contributed by atoms with Crippen molar-refractivity contribution in [3.8, 4) is 0 Å². The minimum Gasteiger partial charge on any atom is -0.390 e. The minimum atomic E-state index is -0.455. The Bertz CT molecular complexity index is 538. The molecule has 0 saturated heterocycles. The smallest absolute Gasteiger partial charge is 0.147 e. The molecule has 1 atom stereocenters. The second-order valence-electron chi connectivity index (χ2n) is 5.22. The van der Waals surface area contributed by atoms with Gasteiger partial charge in [0.05, 0.1) is 12.6 Å². The van der Waals surface area contributed by atoms with Gasteiger partial charge in [-0.2, -0.15) is 5.10 Å². The average molecular weight is 274 g/mol. The third-order valence-corrected chi connectivity index (χ3v) is 3.16. The van der Waals surface area contributed by atoms with Crippen LogP contribution in [-0.4, -0.2) is 44.5 Å². The van der Waals surface area contributed by atoms with Crippen molar-refractivity contribution < 1.29 is 5.11 Å². The highest BCUT2D eigenvalue weighted by Crippen LogP contribution is 2.04. The molecule has 108 valence electrons. The van der Waals surface area contributed by atoms with E-state index >= 15 is 0 Å². The molecule has 0 aliphatic carbocycles. The van der Waals surface area contributed by atoms with Crippen molar-refractivity contribution in [1.29, 1.82) is 0 Å². The maximum absolute atomic E-state index is 10.2. The highest BCUT2D eigenvalue weighted by atomic mass is 16.3. The van der Waals surface area contributed by atoms with Gasteiger partial charge in [-0.25, -0.2) is 9.67 Å². The van der Waals surface area contributed by atoms with Gasteiger partial charge in [0.2, 0.25) is 0 Å². The Balaban J connectivity index is 1.85. The van der Waals surface area contributed by atoms with Crippen molar-refractivity contribution in [3.63, 3.8) is 0 Å². The molecular weight excluding hydrogens is 252 g/mol. The van der Waals surface area contributed by atoms with Crippen molar-refractivity contribution in [2.75, 3.05) is 13.6 Å². The Labute approximate surface area is 119 Å². The second-order valence-corrected chi connectivity index (χ2v) is 5.22. The van der Waals surface area contributed by atoms with Crippen LogP contribution in [-0.2, 0) is 13.1 Å². The Morgan fingerprint density at radius 2 is 1.95 bits per heavy atom. The minimum absolute atomic E-state index is 0.455. The van der Waals surface area contributed by atoms with E-state index in [0.717, 1.165) is 18.2 Å². The molecule has 1 unspecified atom stereocenters. The summed E-state index contributed by atoms with van der Waals surface area (Å²) < 4.78 is 1.76. The summed E-state index contributed by atoms with van der Waals surface area (Å²) in [5, 5.41) is 14.4. The van der Waals surface area contributed by atoms with Gasteiger partial charge in [0.1, 0.15) is 11.6 Å². The van der Waals surface area contributed by atoms with Gasteiger partial charge in [0, 0.05) is 13.1 Å². The van der Waals surface area contributed by atoms with E-state index < -0.39 is 6.10 Å². The summed E-state index contributed by atoms with van der Waals surface area (Å²) >= 11 is 0. The number of aliphatic hydroxyl groups excluding tert-OH is 1. The zero-order valence-electron chi connectivity index (χ0n) is 12.3. The van der Waals surface area contributed by atoms with Crippen molar-refractivity contribution >= 4 is 0 Å². The van der Waals surface area contributed by atoms with Crippen LogP contribution >= 0.6 is 0 Å². The molecule has 0 aliphatic heterocycles. The van der Waals surface area contributed by atoms with Gasteiger partial charge in [-0.05, 0) is 26.5 Å². The molecule has 0 fully saturated rings. The Kier molecular flexibility index (Phi) is 4.87. The largest absolute Gasteiger partial charge is 0.390 e. The zero-order valence-corrected chi connectivity index (χ0v) is 12.3. The standard InChI is InChI=1S/C15H22N4O/c1-12-16-13(2)19(17-12)11-15(20)10-18(3)9-14-7-5-4-6-8-14/h4-8,15,20H,9-11H2,1-3H3. The Hall–Kier alpha value is -1.72. The summed E-state index contributed by atoms with van der Waals surface area (Å²) in [6, 6.07) is 10.2. The summed E-state index contributed by atoms with van der Waals surface area (Å²) in [4.78, 5) is 6.35. The predicted octanol–water partition coefficient (Wildman–Crippen LogP) is 1.39. The number of benzene rings is 1. The number of nitrogens with zero attached hydrogens (tertiary/aromatic N) is 4. The van der Waals surface area contributed by atoms with E-state index in [4.69, 9.17) is 0 Å². The van der Waals surface area contributed by atoms with Gasteiger partial charge in [0.15, 0.2) is 0 Å². The van der Waals surface area contributed by atoms with Gasteiger partial charge in [-0.1, -0.05) is 30.3 Å². The fourth-order valence-electron chi connectivity index (χ4n) is 2.31. The molecule has 0 spiro atoms. The number of aryl methyl sites for hydroxylation is 2. The topological polar surface area (TPSA) is 54.2 Å². The SMILES string of the molecule is Cc1nc(C)n(CC(O)CN(C)Cc2ccccc2)n1. The second kappa shape index (κ2) is 6.63. The first-order valence-corrected chi connectivity index (χ1v) is 6.83. The number of hydrogen-bond donors (Lipinski definition) is 1. The molecule has 1 heterocycles. The lowest BCUT2D eigenvalue weighted by Gasteiger charge is -2.20. The van der Waals surface area contributed by atoms with E-state index in [2.05, 4.69) is 27.1 Å². The van der Waals surface area contributed by atoms with E-state index in [-0.39, 0.29) is 0 Å². The summed E-state index contributed by atoms with van der Waals surface area (Å²) in [6.45, 7) is 5.67. The maximum atomic E-state index is 10.2. The van der Waals surface area contributed by atoms with Crippen LogP contribution in [0.25, 0.3) is 0 Å². The number of aliphatic hydroxyl groups is 1. The van der Waals surface area contributed by atoms with Gasteiger partial charge >= 0.3 is 0 Å². The van der Waals surface area contributed by atoms with E-state index in [1.807, 2.05) is 39.1 Å². The molecule has 5 heteroatoms. The first-order chi connectivity index (χ1) is 9.54. The summed E-state index contributed by atoms with van der Waals surface area (Å²) in [5.74, 6) is 1.58. The van der Waals surface area contributed by atoms with Crippen molar-refractivity contribution in [2.45, 2.75) is 33.0 Å². The van der Waals surface area contributed by atoms with E-state index in [1.54, 1.807) is 4.68 Å². The monoisotopic (exact) mass is 274 g/mol. The Morgan fingerprint density at radius 1 is 1.25 bits per heavy atom. The first-order valence-electron chi connectivity index (χ1n) is 6.83. The highest BCUT2D eigenvalue weighted by Gasteiger charge is 2.12. The lowest BCUT2D eigenvalue weighted by Crippen LogP contribution is -2.32. The molecule has 1 N–H and O–H groups in total. The summed E-state index contributed by atoms with van der Waals surface area (Å²) in [5.41, 5.74) is 1.25. The average Bonchev–Trinajstić information content (AvgIpc) is 2.68. The van der Waals surface area contributed by atoms with E-state index in [0.29, 0.717) is 13.1 Å². The molecule has 5 nitrogen and oxygen atoms in total. The fourth-order valence-corrected chi connectivity index (χ4v) is 2.31. The number of rotatable bonds is 6. The number of aromatic nitrogens is 3. The summed E-state index contributed by atoms with van der Waals surface area (Å²) in [7, 11) is 2.01. The predicted molar refractivity (Wildman–Crippen MR) is 78.3 cm³/mol. The van der Waals surface area contributed by atoms with E-state index in [9.17, 15) is 5.11 Å². The molecule has 0 amide bonds. The lowest BCUT2D eigenvalue weighted by atomic mass is 10.2. The summed E-state index contributed by atoms with van der Waals surface area (Å²) in [6.07, 6.45) is -0.455. The molecular formula is C15H22N4O. The van der Waals surface area contributed by atoms with E-state index in [1.165, 1.54) is 5.56 Å². The lowest BCUT2D eigenvalue weighted by molar-refractivity contribution is 0.103. The van der Waals surface area contributed by atoms with Crippen LogP contribution in [0.2, 0.25) is 0 Å². The fraction of sp³-hybridized carbons (Fsp3) is 0.467. The Morgan fingerprint density at radius 3 is 2.55 bits per heavy atom. The van der Waals surface area contributed by atoms with Gasteiger partial charge in [-0.15, -0.1) is 0 Å². The van der Waals surface area contributed by atoms with Crippen molar-refractivity contribution in [3.05, 3.63) is 47.5 Å². The van der Waals surface area contributed by atoms with Crippen LogP contribution in [0, 0.1) is 13.8 Å².